The third kappa shape index (κ3) is 2.44. The van der Waals surface area contributed by atoms with Crippen LogP contribution in [0.3, 0.4) is 0 Å². The second-order valence-corrected chi connectivity index (χ2v) is 5.44. The fraction of sp³-hybridized carbons (Fsp3) is 0.0526. The second kappa shape index (κ2) is 5.57. The number of H-pyrrole nitrogens is 1. The van der Waals surface area contributed by atoms with E-state index in [9.17, 15) is 0 Å². The third-order valence-corrected chi connectivity index (χ3v) is 3.91. The Kier molecular flexibility index (Phi) is 3.27. The van der Waals surface area contributed by atoms with E-state index in [1.165, 1.54) is 5.56 Å². The highest BCUT2D eigenvalue weighted by Gasteiger charge is 2.15. The van der Waals surface area contributed by atoms with Crippen LogP contribution < -0.4 is 0 Å². The van der Waals surface area contributed by atoms with Crippen LogP contribution in [0.15, 0.2) is 73.1 Å². The molecule has 0 bridgehead atoms. The maximum absolute atomic E-state index is 4.58. The molecule has 0 fully saturated rings. The van der Waals surface area contributed by atoms with Crippen molar-refractivity contribution in [1.82, 2.24) is 20.0 Å². The van der Waals surface area contributed by atoms with Gasteiger partial charge in [-0.3, -0.25) is 9.78 Å². The van der Waals surface area contributed by atoms with Crippen molar-refractivity contribution in [1.29, 1.82) is 0 Å². The average molecular weight is 300 g/mol. The summed E-state index contributed by atoms with van der Waals surface area (Å²) in [5.74, 6) is 0. The van der Waals surface area contributed by atoms with Gasteiger partial charge in [0.25, 0.3) is 0 Å². The highest BCUT2D eigenvalue weighted by molar-refractivity contribution is 5.92. The summed E-state index contributed by atoms with van der Waals surface area (Å²) in [4.78, 5) is 0. The SMILES string of the molecule is Cn1ccc(-c2cccc(-c3ccn[nH]3)c2-c2ccccc2)n1. The fourth-order valence-corrected chi connectivity index (χ4v) is 2.87. The van der Waals surface area contributed by atoms with Gasteiger partial charge in [-0.25, -0.2) is 0 Å². The number of aromatic amines is 1. The summed E-state index contributed by atoms with van der Waals surface area (Å²) < 4.78 is 1.83. The number of rotatable bonds is 3. The highest BCUT2D eigenvalue weighted by Crippen LogP contribution is 2.38. The van der Waals surface area contributed by atoms with E-state index >= 15 is 0 Å². The predicted molar refractivity (Wildman–Crippen MR) is 91.7 cm³/mol. The van der Waals surface area contributed by atoms with Crippen LogP contribution in [0.5, 0.6) is 0 Å². The molecule has 0 atom stereocenters. The van der Waals surface area contributed by atoms with Crippen molar-refractivity contribution >= 4 is 0 Å². The molecule has 0 aliphatic carbocycles. The molecule has 2 heterocycles. The Bertz CT molecular complexity index is 921. The molecule has 0 aliphatic rings. The van der Waals surface area contributed by atoms with Gasteiger partial charge in [0.2, 0.25) is 0 Å². The van der Waals surface area contributed by atoms with Crippen molar-refractivity contribution in [3.05, 3.63) is 73.1 Å². The van der Waals surface area contributed by atoms with Gasteiger partial charge in [-0.15, -0.1) is 0 Å². The van der Waals surface area contributed by atoms with Crippen molar-refractivity contribution in [2.45, 2.75) is 0 Å². The van der Waals surface area contributed by atoms with Crippen molar-refractivity contribution in [3.63, 3.8) is 0 Å². The molecule has 2 aromatic carbocycles. The number of hydrogen-bond acceptors (Lipinski definition) is 2. The van der Waals surface area contributed by atoms with Crippen molar-refractivity contribution < 1.29 is 0 Å². The maximum Gasteiger partial charge on any atom is 0.0929 e. The van der Waals surface area contributed by atoms with Gasteiger partial charge in [0.05, 0.1) is 11.4 Å². The zero-order valence-corrected chi connectivity index (χ0v) is 12.8. The molecule has 2 aromatic heterocycles. The van der Waals surface area contributed by atoms with Gasteiger partial charge in [0.15, 0.2) is 0 Å². The molecule has 0 aliphatic heterocycles. The van der Waals surface area contributed by atoms with E-state index in [0.29, 0.717) is 0 Å². The lowest BCUT2D eigenvalue weighted by atomic mass is 9.91. The predicted octanol–water partition coefficient (Wildman–Crippen LogP) is 4.14. The van der Waals surface area contributed by atoms with E-state index in [2.05, 4.69) is 57.8 Å². The van der Waals surface area contributed by atoms with E-state index in [-0.39, 0.29) is 0 Å². The monoisotopic (exact) mass is 300 g/mol. The van der Waals surface area contributed by atoms with Crippen molar-refractivity contribution in [2.75, 3.05) is 0 Å². The summed E-state index contributed by atoms with van der Waals surface area (Å²) in [6, 6.07) is 20.7. The average Bonchev–Trinajstić information content (AvgIpc) is 3.26. The minimum atomic E-state index is 0.965. The van der Waals surface area contributed by atoms with Crippen LogP contribution in [0.2, 0.25) is 0 Å². The lowest BCUT2D eigenvalue weighted by molar-refractivity contribution is 0.771. The van der Waals surface area contributed by atoms with Gasteiger partial charge >= 0.3 is 0 Å². The number of hydrogen-bond donors (Lipinski definition) is 1. The Morgan fingerprint density at radius 3 is 2.39 bits per heavy atom. The highest BCUT2D eigenvalue weighted by atomic mass is 15.2. The molecular formula is C19H16N4. The molecule has 0 radical (unpaired) electrons. The number of nitrogens with one attached hydrogen (secondary N) is 1. The first-order chi connectivity index (χ1) is 11.3. The minimum absolute atomic E-state index is 0.965. The lowest BCUT2D eigenvalue weighted by Gasteiger charge is -2.13. The molecule has 4 rings (SSSR count). The van der Waals surface area contributed by atoms with E-state index in [4.69, 9.17) is 0 Å². The van der Waals surface area contributed by atoms with E-state index in [1.54, 1.807) is 6.20 Å². The second-order valence-electron chi connectivity index (χ2n) is 5.44. The van der Waals surface area contributed by atoms with Crippen LogP contribution in [0.25, 0.3) is 33.6 Å². The molecule has 4 aromatic rings. The normalized spacial score (nSPS) is 10.8. The Morgan fingerprint density at radius 2 is 1.70 bits per heavy atom. The zero-order valence-electron chi connectivity index (χ0n) is 12.8. The molecule has 4 heteroatoms. The number of nitrogens with zero attached hydrogens (tertiary/aromatic N) is 3. The molecule has 112 valence electrons. The first-order valence-corrected chi connectivity index (χ1v) is 7.51. The van der Waals surface area contributed by atoms with E-state index < -0.39 is 0 Å². The van der Waals surface area contributed by atoms with Gasteiger partial charge in [-0.1, -0.05) is 48.5 Å². The smallest absolute Gasteiger partial charge is 0.0929 e. The Morgan fingerprint density at radius 1 is 0.870 bits per heavy atom. The number of aryl methyl sites for hydroxylation is 1. The molecule has 0 saturated carbocycles. The fourth-order valence-electron chi connectivity index (χ4n) is 2.87. The first-order valence-electron chi connectivity index (χ1n) is 7.51. The molecule has 0 saturated heterocycles. The van der Waals surface area contributed by atoms with Gasteiger partial charge in [0.1, 0.15) is 0 Å². The quantitative estimate of drug-likeness (QED) is 0.618. The van der Waals surface area contributed by atoms with E-state index in [1.807, 2.05) is 36.1 Å². The van der Waals surface area contributed by atoms with Crippen molar-refractivity contribution in [3.8, 4) is 33.6 Å². The molecular weight excluding hydrogens is 284 g/mol. The number of benzene rings is 2. The molecule has 0 spiro atoms. The Hall–Kier alpha value is -3.14. The molecule has 4 nitrogen and oxygen atoms in total. The summed E-state index contributed by atoms with van der Waals surface area (Å²) in [6.45, 7) is 0. The summed E-state index contributed by atoms with van der Waals surface area (Å²) in [6.07, 6.45) is 3.74. The Labute approximate surface area is 134 Å². The minimum Gasteiger partial charge on any atom is -0.278 e. The standard InChI is InChI=1S/C19H16N4/c1-23-13-11-18(22-23)16-9-5-8-15(17-10-12-20-21-17)19(16)14-6-3-2-4-7-14/h2-13H,1H3,(H,20,21). The third-order valence-electron chi connectivity index (χ3n) is 3.91. The molecule has 0 unspecified atom stereocenters. The molecule has 0 amide bonds. The van der Waals surface area contributed by atoms with Gasteiger partial charge < -0.3 is 0 Å². The van der Waals surface area contributed by atoms with Crippen LogP contribution in [0, 0.1) is 0 Å². The van der Waals surface area contributed by atoms with Crippen LogP contribution in [-0.2, 0) is 7.05 Å². The summed E-state index contributed by atoms with van der Waals surface area (Å²) in [7, 11) is 1.93. The van der Waals surface area contributed by atoms with Crippen molar-refractivity contribution in [2.24, 2.45) is 7.05 Å². The molecule has 23 heavy (non-hydrogen) atoms. The largest absolute Gasteiger partial charge is 0.278 e. The van der Waals surface area contributed by atoms with Gasteiger partial charge in [0, 0.05) is 36.1 Å². The summed E-state index contributed by atoms with van der Waals surface area (Å²) >= 11 is 0. The van der Waals surface area contributed by atoms with Crippen LogP contribution in [0.4, 0.5) is 0 Å². The maximum atomic E-state index is 4.58. The first kappa shape index (κ1) is 13.5. The van der Waals surface area contributed by atoms with Gasteiger partial charge in [-0.05, 0) is 17.7 Å². The number of aromatic nitrogens is 4. The van der Waals surface area contributed by atoms with E-state index in [0.717, 1.165) is 28.1 Å². The van der Waals surface area contributed by atoms with Gasteiger partial charge in [-0.2, -0.15) is 10.2 Å². The summed E-state index contributed by atoms with van der Waals surface area (Å²) in [5, 5.41) is 11.7. The topological polar surface area (TPSA) is 46.5 Å². The molecule has 1 N–H and O–H groups in total. The lowest BCUT2D eigenvalue weighted by Crippen LogP contribution is -1.93. The summed E-state index contributed by atoms with van der Waals surface area (Å²) in [5.41, 5.74) is 6.53. The zero-order chi connectivity index (χ0) is 15.6. The van der Waals surface area contributed by atoms with Crippen LogP contribution in [0.1, 0.15) is 0 Å². The van der Waals surface area contributed by atoms with Crippen LogP contribution >= 0.6 is 0 Å². The Balaban J connectivity index is 2.02. The van der Waals surface area contributed by atoms with Crippen LogP contribution in [-0.4, -0.2) is 20.0 Å².